The first-order valence-electron chi connectivity index (χ1n) is 4.66. The molecule has 1 amide bonds. The largest absolute Gasteiger partial charge is 0.418 e. The lowest BCUT2D eigenvalue weighted by Crippen LogP contribution is -2.29. The van der Waals surface area contributed by atoms with Gasteiger partial charge >= 0.3 is 13.2 Å². The van der Waals surface area contributed by atoms with Crippen LogP contribution in [0.4, 0.5) is 4.79 Å². The van der Waals surface area contributed by atoms with E-state index in [-0.39, 0.29) is 19.3 Å². The molecule has 0 unspecified atom stereocenters. The summed E-state index contributed by atoms with van der Waals surface area (Å²) in [5.74, 6) is 0. The van der Waals surface area contributed by atoms with Crippen molar-refractivity contribution >= 4 is 13.2 Å². The molecule has 0 aromatic rings. The molecule has 14 heavy (non-hydrogen) atoms. The summed E-state index contributed by atoms with van der Waals surface area (Å²) < 4.78 is 21.5. The Morgan fingerprint density at radius 2 is 1.71 bits per heavy atom. The van der Waals surface area contributed by atoms with Gasteiger partial charge in [-0.2, -0.15) is 0 Å². The van der Waals surface area contributed by atoms with Crippen LogP contribution in [0.5, 0.6) is 0 Å². The highest BCUT2D eigenvalue weighted by Crippen LogP contribution is 2.48. The fourth-order valence-electron chi connectivity index (χ4n) is 0.820. The van der Waals surface area contributed by atoms with Crippen LogP contribution in [0.15, 0.2) is 0 Å². The summed E-state index contributed by atoms with van der Waals surface area (Å²) >= 11 is 0. The minimum atomic E-state index is -3.61. The maximum Gasteiger partial charge on any atom is 0.418 e. The fraction of sp³-hybridized carbons (Fsp3) is 0.875. The van der Waals surface area contributed by atoms with E-state index in [9.17, 15) is 9.36 Å². The maximum absolute atomic E-state index is 11.8. The quantitative estimate of drug-likeness (QED) is 0.702. The molecule has 0 rings (SSSR count). The Balaban J connectivity index is 4.47. The SMILES string of the molecule is CCOP(=O)(OCC)C(=O)NC(C)C. The van der Waals surface area contributed by atoms with Crippen LogP contribution in [0, 0.1) is 0 Å². The second-order valence-electron chi connectivity index (χ2n) is 2.94. The zero-order valence-electron chi connectivity index (χ0n) is 9.07. The van der Waals surface area contributed by atoms with Gasteiger partial charge in [0.25, 0.3) is 0 Å². The number of carbonyl (C=O) groups excluding carboxylic acids is 1. The van der Waals surface area contributed by atoms with Gasteiger partial charge in [-0.1, -0.05) is 0 Å². The molecule has 0 fully saturated rings. The van der Waals surface area contributed by atoms with Crippen molar-refractivity contribution in [2.24, 2.45) is 0 Å². The smallest absolute Gasteiger partial charge is 0.343 e. The van der Waals surface area contributed by atoms with E-state index < -0.39 is 13.2 Å². The molecule has 0 aromatic heterocycles. The van der Waals surface area contributed by atoms with Crippen LogP contribution in [0.1, 0.15) is 27.7 Å². The summed E-state index contributed by atoms with van der Waals surface area (Å²) in [6, 6.07) is -0.0864. The molecule has 0 spiro atoms. The predicted molar refractivity (Wildman–Crippen MR) is 54.5 cm³/mol. The average molecular weight is 223 g/mol. The normalized spacial score (nSPS) is 11.8. The first-order chi connectivity index (χ1) is 6.46. The standard InChI is InChI=1S/C8H18NO4P/c1-5-12-14(11,13-6-2)8(10)9-7(3)4/h7H,5-6H2,1-4H3,(H,9,10). The third-order valence-electron chi connectivity index (χ3n) is 1.26. The molecule has 0 aliphatic carbocycles. The van der Waals surface area contributed by atoms with Crippen molar-refractivity contribution in [1.82, 2.24) is 5.32 Å². The molecular weight excluding hydrogens is 205 g/mol. The predicted octanol–water partition coefficient (Wildman–Crippen LogP) is 2.37. The summed E-state index contributed by atoms with van der Waals surface area (Å²) in [4.78, 5) is 11.4. The summed E-state index contributed by atoms with van der Waals surface area (Å²) in [5.41, 5.74) is -0.670. The van der Waals surface area contributed by atoms with Gasteiger partial charge < -0.3 is 14.4 Å². The lowest BCUT2D eigenvalue weighted by molar-refractivity contribution is 0.206. The van der Waals surface area contributed by atoms with Crippen molar-refractivity contribution < 1.29 is 18.4 Å². The molecule has 0 bridgehead atoms. The van der Waals surface area contributed by atoms with Gasteiger partial charge in [0, 0.05) is 6.04 Å². The van der Waals surface area contributed by atoms with Crippen LogP contribution in [-0.2, 0) is 13.6 Å². The Morgan fingerprint density at radius 1 is 1.29 bits per heavy atom. The maximum atomic E-state index is 11.8. The van der Waals surface area contributed by atoms with E-state index in [1.165, 1.54) is 0 Å². The molecule has 84 valence electrons. The summed E-state index contributed by atoms with van der Waals surface area (Å²) in [6.45, 7) is 7.24. The summed E-state index contributed by atoms with van der Waals surface area (Å²) in [6.07, 6.45) is 0. The Kier molecular flexibility index (Phi) is 6.00. The molecule has 6 heteroatoms. The van der Waals surface area contributed by atoms with Crippen LogP contribution in [0.25, 0.3) is 0 Å². The fourth-order valence-corrected chi connectivity index (χ4v) is 2.23. The third kappa shape index (κ3) is 4.22. The molecule has 5 nitrogen and oxygen atoms in total. The van der Waals surface area contributed by atoms with Gasteiger partial charge in [0.1, 0.15) is 0 Å². The van der Waals surface area contributed by atoms with Gasteiger partial charge in [0.15, 0.2) is 0 Å². The van der Waals surface area contributed by atoms with E-state index in [1.807, 2.05) is 0 Å². The minimum Gasteiger partial charge on any atom is -0.343 e. The van der Waals surface area contributed by atoms with Crippen molar-refractivity contribution in [3.8, 4) is 0 Å². The van der Waals surface area contributed by atoms with E-state index in [0.29, 0.717) is 0 Å². The molecule has 0 atom stereocenters. The average Bonchev–Trinajstić information content (AvgIpc) is 2.03. The van der Waals surface area contributed by atoms with Gasteiger partial charge in [-0.15, -0.1) is 0 Å². The second-order valence-corrected chi connectivity index (χ2v) is 4.85. The van der Waals surface area contributed by atoms with E-state index >= 15 is 0 Å². The van der Waals surface area contributed by atoms with E-state index in [4.69, 9.17) is 9.05 Å². The Morgan fingerprint density at radius 3 is 2.00 bits per heavy atom. The highest BCUT2D eigenvalue weighted by atomic mass is 31.2. The van der Waals surface area contributed by atoms with Gasteiger partial charge in [-0.05, 0) is 27.7 Å². The number of hydrogen-bond donors (Lipinski definition) is 1. The topological polar surface area (TPSA) is 64.6 Å². The van der Waals surface area contributed by atoms with Crippen LogP contribution < -0.4 is 5.32 Å². The van der Waals surface area contributed by atoms with Crippen LogP contribution in [0.2, 0.25) is 0 Å². The number of nitrogens with one attached hydrogen (secondary N) is 1. The molecule has 0 heterocycles. The van der Waals surface area contributed by atoms with Crippen LogP contribution in [-0.4, -0.2) is 24.9 Å². The minimum absolute atomic E-state index is 0.0864. The van der Waals surface area contributed by atoms with Gasteiger partial charge in [0.2, 0.25) is 0 Å². The van der Waals surface area contributed by atoms with Crippen LogP contribution >= 0.6 is 7.60 Å². The van der Waals surface area contributed by atoms with Gasteiger partial charge in [-0.3, -0.25) is 4.79 Å². The van der Waals surface area contributed by atoms with E-state index in [0.717, 1.165) is 0 Å². The van der Waals surface area contributed by atoms with Crippen LogP contribution in [0.3, 0.4) is 0 Å². The molecule has 0 aromatic carbocycles. The van der Waals surface area contributed by atoms with Crippen molar-refractivity contribution in [2.75, 3.05) is 13.2 Å². The second kappa shape index (κ2) is 6.17. The number of hydrogen-bond acceptors (Lipinski definition) is 4. The van der Waals surface area contributed by atoms with E-state index in [2.05, 4.69) is 5.32 Å². The molecule has 0 saturated heterocycles. The number of amides is 1. The van der Waals surface area contributed by atoms with Crippen molar-refractivity contribution in [1.29, 1.82) is 0 Å². The lowest BCUT2D eigenvalue weighted by Gasteiger charge is -2.17. The Bertz CT molecular complexity index is 219. The summed E-state index contributed by atoms with van der Waals surface area (Å²) in [7, 11) is -3.61. The highest BCUT2D eigenvalue weighted by Gasteiger charge is 2.34. The molecular formula is C8H18NO4P. The Hall–Kier alpha value is -0.380. The molecule has 0 aliphatic heterocycles. The number of rotatable bonds is 6. The molecule has 1 N–H and O–H groups in total. The first kappa shape index (κ1) is 13.6. The number of carbonyl (C=O) groups is 1. The van der Waals surface area contributed by atoms with Crippen molar-refractivity contribution in [2.45, 2.75) is 33.7 Å². The molecule has 0 radical (unpaired) electrons. The highest BCUT2D eigenvalue weighted by molar-refractivity contribution is 7.71. The lowest BCUT2D eigenvalue weighted by atomic mass is 10.4. The monoisotopic (exact) mass is 223 g/mol. The zero-order chi connectivity index (χ0) is 11.2. The van der Waals surface area contributed by atoms with E-state index in [1.54, 1.807) is 27.7 Å². The van der Waals surface area contributed by atoms with Gasteiger partial charge in [-0.25, -0.2) is 4.57 Å². The molecule has 0 saturated carbocycles. The van der Waals surface area contributed by atoms with Crippen molar-refractivity contribution in [3.63, 3.8) is 0 Å². The van der Waals surface area contributed by atoms with Crippen molar-refractivity contribution in [3.05, 3.63) is 0 Å². The van der Waals surface area contributed by atoms with Gasteiger partial charge in [0.05, 0.1) is 13.2 Å². The first-order valence-corrected chi connectivity index (χ1v) is 6.20. The zero-order valence-corrected chi connectivity index (χ0v) is 9.97. The molecule has 0 aliphatic rings. The summed E-state index contributed by atoms with van der Waals surface area (Å²) in [5, 5.41) is 2.50. The Labute approximate surface area is 84.7 Å². The third-order valence-corrected chi connectivity index (χ3v) is 3.08.